The molecular formula is C32H55N9O2Y. The molecule has 5 aliphatic heterocycles. The zero-order chi connectivity index (χ0) is 28.7. The molecule has 0 spiro atoms. The summed E-state index contributed by atoms with van der Waals surface area (Å²) in [6.07, 6.45) is 20.0. The molecule has 17 unspecified atom stereocenters. The summed E-state index contributed by atoms with van der Waals surface area (Å²) in [5, 5.41) is 45.2. The Morgan fingerprint density at radius 3 is 0.977 bits per heavy atom. The molecule has 9 rings (SSSR count). The first-order chi connectivity index (χ1) is 21.1. The third-order valence-electron chi connectivity index (χ3n) is 14.1. The average molecular weight is 687 g/mol. The van der Waals surface area contributed by atoms with E-state index in [1.807, 2.05) is 0 Å². The standard InChI is InChI=1S/C32H55N9O2.Y/c42-41(43)23-15-7-14-22-24(23)32-39-30-21-13-6-5-12-20(21)28(37-30)35-26-17-9-2-1-8-16(17)25(33-26)34-27-18-10-3-4-11-19(18)29(36-27)38-31(22)40-32;/h16-40H,1-15H2;. The summed E-state index contributed by atoms with van der Waals surface area (Å²) in [4.78, 5) is 12.5. The van der Waals surface area contributed by atoms with Gasteiger partial charge >= 0.3 is 0 Å². The SMILES string of the molecule is O=[N+]([O-])C1CCCC2C3NC4NC(NC5NC(NC6NC(NC(N3)C21)C1CCCCC61)C1CCCCC51)C1CCCCC41.[Y]. The Hall–Kier alpha value is 0.184. The van der Waals surface area contributed by atoms with Crippen molar-refractivity contribution in [3.05, 3.63) is 10.1 Å². The summed E-state index contributed by atoms with van der Waals surface area (Å²) >= 11 is 0. The molecule has 1 radical (unpaired) electrons. The summed E-state index contributed by atoms with van der Waals surface area (Å²) < 4.78 is 0. The first kappa shape index (κ1) is 31.5. The minimum absolute atomic E-state index is 0. The van der Waals surface area contributed by atoms with Crippen LogP contribution in [0.5, 0.6) is 0 Å². The number of nitro groups is 1. The molecule has 9 aliphatic rings. The predicted molar refractivity (Wildman–Crippen MR) is 163 cm³/mol. The van der Waals surface area contributed by atoms with Gasteiger partial charge in [0.15, 0.2) is 0 Å². The van der Waals surface area contributed by atoms with Crippen molar-refractivity contribution in [1.29, 1.82) is 0 Å². The summed E-state index contributed by atoms with van der Waals surface area (Å²) in [5.41, 5.74) is 0. The normalized spacial score (nSPS) is 54.8. The number of fused-ring (bicyclic) bond motifs is 20. The first-order valence-electron chi connectivity index (χ1n) is 18.3. The zero-order valence-corrected chi connectivity index (χ0v) is 29.1. The molecule has 8 bridgehead atoms. The van der Waals surface area contributed by atoms with Gasteiger partial charge in [0.05, 0.1) is 55.2 Å². The van der Waals surface area contributed by atoms with Crippen molar-refractivity contribution in [3.63, 3.8) is 0 Å². The Kier molecular flexibility index (Phi) is 9.22. The quantitative estimate of drug-likeness (QED) is 0.153. The Morgan fingerprint density at radius 2 is 0.659 bits per heavy atom. The van der Waals surface area contributed by atoms with Crippen LogP contribution >= 0.6 is 0 Å². The van der Waals surface area contributed by atoms with Gasteiger partial charge in [-0.3, -0.25) is 52.6 Å². The second-order valence-electron chi connectivity index (χ2n) is 16.0. The molecule has 243 valence electrons. The van der Waals surface area contributed by atoms with Gasteiger partial charge in [0.1, 0.15) is 0 Å². The summed E-state index contributed by atoms with van der Waals surface area (Å²) in [6.45, 7) is 0. The van der Waals surface area contributed by atoms with Gasteiger partial charge in [-0.1, -0.05) is 38.5 Å². The third kappa shape index (κ3) is 5.39. The largest absolute Gasteiger partial charge is 0.286 e. The Bertz CT molecular complexity index is 1060. The van der Waals surface area contributed by atoms with Crippen LogP contribution in [0.2, 0.25) is 0 Å². The minimum Gasteiger partial charge on any atom is -0.286 e. The first-order valence-corrected chi connectivity index (χ1v) is 18.3. The predicted octanol–water partition coefficient (Wildman–Crippen LogP) is 1.86. The molecule has 9 fully saturated rings. The molecule has 5 heterocycles. The van der Waals surface area contributed by atoms with Crippen molar-refractivity contribution < 1.29 is 37.6 Å². The Morgan fingerprint density at radius 1 is 0.386 bits per heavy atom. The fourth-order valence-electron chi connectivity index (χ4n) is 12.3. The van der Waals surface area contributed by atoms with Crippen LogP contribution in [0, 0.1) is 57.5 Å². The molecule has 44 heavy (non-hydrogen) atoms. The number of hydrogen-bond donors (Lipinski definition) is 8. The maximum absolute atomic E-state index is 12.4. The fraction of sp³-hybridized carbons (Fsp3) is 1.00. The van der Waals surface area contributed by atoms with E-state index < -0.39 is 6.04 Å². The van der Waals surface area contributed by atoms with Crippen molar-refractivity contribution in [2.75, 3.05) is 0 Å². The smallest absolute Gasteiger partial charge is 0.219 e. The molecule has 11 nitrogen and oxygen atoms in total. The van der Waals surface area contributed by atoms with Crippen molar-refractivity contribution in [2.24, 2.45) is 47.3 Å². The van der Waals surface area contributed by atoms with Crippen molar-refractivity contribution in [1.82, 2.24) is 42.5 Å². The molecule has 17 atom stereocenters. The van der Waals surface area contributed by atoms with E-state index in [1.54, 1.807) is 0 Å². The molecule has 4 saturated carbocycles. The van der Waals surface area contributed by atoms with E-state index in [-0.39, 0.29) is 80.3 Å². The second kappa shape index (κ2) is 12.9. The maximum Gasteiger partial charge on any atom is 0.219 e. The number of hydrogen-bond acceptors (Lipinski definition) is 10. The molecule has 0 amide bonds. The van der Waals surface area contributed by atoms with Crippen LogP contribution < -0.4 is 42.5 Å². The summed E-state index contributed by atoms with van der Waals surface area (Å²) in [5.74, 6) is 4.00. The van der Waals surface area contributed by atoms with E-state index in [4.69, 9.17) is 0 Å². The molecule has 4 aliphatic carbocycles. The minimum atomic E-state index is -0.480. The number of nitrogens with zero attached hydrogens (tertiary/aromatic N) is 1. The number of nitrogens with one attached hydrogen (secondary N) is 8. The van der Waals surface area contributed by atoms with E-state index >= 15 is 0 Å². The van der Waals surface area contributed by atoms with Crippen LogP contribution in [-0.2, 0) is 32.7 Å². The summed E-state index contributed by atoms with van der Waals surface area (Å²) in [7, 11) is 0. The van der Waals surface area contributed by atoms with Crippen LogP contribution in [0.1, 0.15) is 96.3 Å². The molecule has 5 saturated heterocycles. The van der Waals surface area contributed by atoms with Crippen molar-refractivity contribution in [3.8, 4) is 0 Å². The molecule has 0 aromatic heterocycles. The van der Waals surface area contributed by atoms with Crippen molar-refractivity contribution in [2.45, 2.75) is 152 Å². The molecule has 0 aromatic rings. The second-order valence-corrected chi connectivity index (χ2v) is 16.0. The zero-order valence-electron chi connectivity index (χ0n) is 26.3. The van der Waals surface area contributed by atoms with Gasteiger partial charge in [0, 0.05) is 44.1 Å². The van der Waals surface area contributed by atoms with Crippen LogP contribution in [0.3, 0.4) is 0 Å². The monoisotopic (exact) mass is 686 g/mol. The van der Waals surface area contributed by atoms with Gasteiger partial charge < -0.3 is 0 Å². The van der Waals surface area contributed by atoms with Gasteiger partial charge in [0.2, 0.25) is 6.04 Å². The van der Waals surface area contributed by atoms with E-state index in [1.165, 1.54) is 77.0 Å². The topological polar surface area (TPSA) is 139 Å². The van der Waals surface area contributed by atoms with E-state index in [0.717, 1.165) is 12.8 Å². The van der Waals surface area contributed by atoms with E-state index in [9.17, 15) is 10.1 Å². The maximum atomic E-state index is 12.4. The van der Waals surface area contributed by atoms with Crippen LogP contribution in [-0.4, -0.2) is 60.3 Å². The van der Waals surface area contributed by atoms with Crippen LogP contribution in [0.4, 0.5) is 0 Å². The average Bonchev–Trinajstić information content (AvgIpc) is 3.76. The Labute approximate surface area is 287 Å². The molecular weight excluding hydrogens is 631 g/mol. The van der Waals surface area contributed by atoms with Crippen LogP contribution in [0.15, 0.2) is 0 Å². The Balaban J connectivity index is 0.00000289. The van der Waals surface area contributed by atoms with Gasteiger partial charge in [-0.2, -0.15) is 0 Å². The molecule has 8 N–H and O–H groups in total. The molecule has 0 aromatic carbocycles. The van der Waals surface area contributed by atoms with E-state index in [2.05, 4.69) is 42.5 Å². The van der Waals surface area contributed by atoms with Gasteiger partial charge in [-0.05, 0) is 92.8 Å². The van der Waals surface area contributed by atoms with Crippen molar-refractivity contribution >= 4 is 0 Å². The summed E-state index contributed by atoms with van der Waals surface area (Å²) in [6, 6.07) is -0.480. The third-order valence-corrected chi connectivity index (χ3v) is 14.1. The molecule has 12 heteroatoms. The van der Waals surface area contributed by atoms with Gasteiger partial charge in [0.25, 0.3) is 0 Å². The van der Waals surface area contributed by atoms with Crippen LogP contribution in [0.25, 0.3) is 0 Å². The van der Waals surface area contributed by atoms with E-state index in [0.29, 0.717) is 60.4 Å². The fourth-order valence-corrected chi connectivity index (χ4v) is 12.3. The van der Waals surface area contributed by atoms with Gasteiger partial charge in [-0.15, -0.1) is 0 Å². The number of rotatable bonds is 1. The van der Waals surface area contributed by atoms with Gasteiger partial charge in [-0.25, -0.2) is 0 Å².